The molecule has 2 saturated heterocycles. The molecule has 32 heavy (non-hydrogen) atoms. The highest BCUT2D eigenvalue weighted by Crippen LogP contribution is 2.47. The normalized spacial score (nSPS) is 24.7. The van der Waals surface area contributed by atoms with Crippen LogP contribution in [0.3, 0.4) is 0 Å². The first-order chi connectivity index (χ1) is 15.1. The van der Waals surface area contributed by atoms with E-state index in [0.717, 1.165) is 36.1 Å². The number of aromatic amines is 1. The number of piperazine rings is 1. The van der Waals surface area contributed by atoms with Crippen molar-refractivity contribution in [2.75, 3.05) is 50.9 Å². The predicted octanol–water partition coefficient (Wildman–Crippen LogP) is 0.213. The summed E-state index contributed by atoms with van der Waals surface area (Å²) in [4.78, 5) is 14.0. The van der Waals surface area contributed by atoms with Gasteiger partial charge in [0, 0.05) is 52.0 Å². The van der Waals surface area contributed by atoms with Crippen LogP contribution in [0, 0.1) is 0 Å². The Kier molecular flexibility index (Phi) is 5.24. The molecule has 2 aromatic rings. The summed E-state index contributed by atoms with van der Waals surface area (Å²) in [7, 11) is -5.51. The Morgan fingerprint density at radius 3 is 2.69 bits per heavy atom. The van der Waals surface area contributed by atoms with E-state index in [1.165, 1.54) is 21.2 Å². The lowest BCUT2D eigenvalue weighted by atomic mass is 10.2. The molecule has 1 spiro atoms. The van der Waals surface area contributed by atoms with Gasteiger partial charge in [0.25, 0.3) is 10.2 Å². The highest BCUT2D eigenvalue weighted by atomic mass is 32.2. The van der Waals surface area contributed by atoms with Crippen LogP contribution in [0.5, 0.6) is 0 Å². The van der Waals surface area contributed by atoms with Crippen molar-refractivity contribution >= 4 is 37.1 Å². The van der Waals surface area contributed by atoms with Gasteiger partial charge in [0.2, 0.25) is 10.0 Å². The van der Waals surface area contributed by atoms with Gasteiger partial charge in [-0.2, -0.15) is 21.3 Å². The molecule has 1 N–H and O–H groups in total. The summed E-state index contributed by atoms with van der Waals surface area (Å²) >= 11 is 0. The molecule has 0 bridgehead atoms. The number of nitrogens with zero attached hydrogens (tertiary/aromatic N) is 6. The second-order valence-electron chi connectivity index (χ2n) is 9.11. The molecular formula is C19H29N7O4S2. The van der Waals surface area contributed by atoms with Crippen molar-refractivity contribution in [1.82, 2.24) is 27.9 Å². The summed E-state index contributed by atoms with van der Waals surface area (Å²) in [6.45, 7) is 2.10. The maximum absolute atomic E-state index is 13.5. The number of rotatable bonds is 6. The molecule has 1 saturated carbocycles. The minimum absolute atomic E-state index is 0.168. The first kappa shape index (κ1) is 22.0. The average Bonchev–Trinajstić information content (AvgIpc) is 3.15. The molecule has 176 valence electrons. The molecule has 2 aliphatic heterocycles. The van der Waals surface area contributed by atoms with Crippen molar-refractivity contribution in [2.45, 2.75) is 37.3 Å². The molecule has 3 fully saturated rings. The zero-order valence-electron chi connectivity index (χ0n) is 18.3. The van der Waals surface area contributed by atoms with Crippen LogP contribution < -0.4 is 4.90 Å². The first-order valence-corrected chi connectivity index (χ1v) is 14.1. The third-order valence-electron chi connectivity index (χ3n) is 6.94. The van der Waals surface area contributed by atoms with Gasteiger partial charge in [-0.3, -0.25) is 0 Å². The van der Waals surface area contributed by atoms with Crippen LogP contribution in [0.4, 0.5) is 5.82 Å². The second-order valence-corrected chi connectivity index (χ2v) is 13.0. The van der Waals surface area contributed by atoms with Crippen LogP contribution in [0.1, 0.15) is 25.7 Å². The van der Waals surface area contributed by atoms with E-state index in [-0.39, 0.29) is 12.6 Å². The van der Waals surface area contributed by atoms with Crippen molar-refractivity contribution in [3.8, 4) is 0 Å². The van der Waals surface area contributed by atoms with E-state index in [9.17, 15) is 16.8 Å². The number of anilines is 1. The fraction of sp³-hybridized carbons (Fsp3) is 0.684. The summed E-state index contributed by atoms with van der Waals surface area (Å²) in [5, 5.41) is 0.929. The molecule has 5 rings (SSSR count). The Bertz CT molecular complexity index is 1230. The quantitative estimate of drug-likeness (QED) is 0.623. The summed E-state index contributed by atoms with van der Waals surface area (Å²) in [5.74, 6) is 0.822. The van der Waals surface area contributed by atoms with Crippen LogP contribution in [0.2, 0.25) is 0 Å². The van der Waals surface area contributed by atoms with E-state index in [2.05, 4.69) is 19.9 Å². The molecule has 3 aliphatic rings. The number of hydrogen-bond donors (Lipinski definition) is 1. The van der Waals surface area contributed by atoms with E-state index >= 15 is 0 Å². The Balaban J connectivity index is 1.34. The lowest BCUT2D eigenvalue weighted by Crippen LogP contribution is -2.60. The minimum atomic E-state index is -3.72. The summed E-state index contributed by atoms with van der Waals surface area (Å²) in [5.41, 5.74) is 0.326. The SMILES string of the molecule is CN(C[C@H]1CCCN1S(C)(=O)=O)S(=O)(=O)N1CCN(c2ncnc3[nH]ccc23)CC12CC2. The number of sulfonamides is 1. The average molecular weight is 484 g/mol. The lowest BCUT2D eigenvalue weighted by Gasteiger charge is -2.43. The predicted molar refractivity (Wildman–Crippen MR) is 121 cm³/mol. The zero-order valence-corrected chi connectivity index (χ0v) is 19.9. The highest BCUT2D eigenvalue weighted by Gasteiger charge is 2.57. The molecule has 0 aromatic carbocycles. The van der Waals surface area contributed by atoms with Gasteiger partial charge in [0.05, 0.1) is 17.2 Å². The summed E-state index contributed by atoms with van der Waals surface area (Å²) < 4.78 is 55.6. The zero-order chi connectivity index (χ0) is 22.7. The lowest BCUT2D eigenvalue weighted by molar-refractivity contribution is 0.242. The molecule has 0 radical (unpaired) electrons. The van der Waals surface area contributed by atoms with Gasteiger partial charge in [-0.05, 0) is 31.7 Å². The third kappa shape index (κ3) is 3.69. The van der Waals surface area contributed by atoms with Crippen molar-refractivity contribution in [2.24, 2.45) is 0 Å². The maximum Gasteiger partial charge on any atom is 0.282 e. The van der Waals surface area contributed by atoms with Crippen molar-refractivity contribution in [3.63, 3.8) is 0 Å². The maximum atomic E-state index is 13.5. The number of likely N-dealkylation sites (N-methyl/N-ethyl adjacent to an activating group) is 1. The van der Waals surface area contributed by atoms with E-state index in [1.807, 2.05) is 12.3 Å². The molecule has 0 unspecified atom stereocenters. The number of H-pyrrole nitrogens is 1. The molecule has 1 aliphatic carbocycles. The van der Waals surface area contributed by atoms with Gasteiger partial charge in [-0.1, -0.05) is 0 Å². The molecule has 11 nitrogen and oxygen atoms in total. The van der Waals surface area contributed by atoms with E-state index in [0.29, 0.717) is 32.6 Å². The second kappa shape index (κ2) is 7.62. The van der Waals surface area contributed by atoms with Crippen LogP contribution >= 0.6 is 0 Å². The smallest absolute Gasteiger partial charge is 0.282 e. The van der Waals surface area contributed by atoms with Gasteiger partial charge in [0.1, 0.15) is 17.8 Å². The molecule has 1 atom stereocenters. The van der Waals surface area contributed by atoms with Gasteiger partial charge >= 0.3 is 0 Å². The Morgan fingerprint density at radius 2 is 1.97 bits per heavy atom. The van der Waals surface area contributed by atoms with Crippen LogP contribution in [-0.4, -0.2) is 102 Å². The summed E-state index contributed by atoms with van der Waals surface area (Å²) in [6.07, 6.45) is 7.57. The van der Waals surface area contributed by atoms with Gasteiger partial charge < -0.3 is 9.88 Å². The van der Waals surface area contributed by atoms with E-state index < -0.39 is 25.8 Å². The molecule has 4 heterocycles. The molecular weight excluding hydrogens is 454 g/mol. The Morgan fingerprint density at radius 1 is 1.19 bits per heavy atom. The van der Waals surface area contributed by atoms with Crippen molar-refractivity contribution in [1.29, 1.82) is 0 Å². The third-order valence-corrected chi connectivity index (χ3v) is 10.3. The molecule has 13 heteroatoms. The Labute approximate surface area is 188 Å². The largest absolute Gasteiger partial charge is 0.353 e. The van der Waals surface area contributed by atoms with Crippen LogP contribution in [-0.2, 0) is 20.2 Å². The molecule has 0 amide bonds. The van der Waals surface area contributed by atoms with Gasteiger partial charge in [-0.15, -0.1) is 0 Å². The van der Waals surface area contributed by atoms with Crippen molar-refractivity contribution < 1.29 is 16.8 Å². The van der Waals surface area contributed by atoms with E-state index in [4.69, 9.17) is 0 Å². The fourth-order valence-corrected chi connectivity index (χ4v) is 8.07. The number of hydrogen-bond acceptors (Lipinski definition) is 7. The van der Waals surface area contributed by atoms with Crippen molar-refractivity contribution in [3.05, 3.63) is 18.6 Å². The van der Waals surface area contributed by atoms with Crippen LogP contribution in [0.15, 0.2) is 18.6 Å². The van der Waals surface area contributed by atoms with Crippen LogP contribution in [0.25, 0.3) is 11.0 Å². The fourth-order valence-electron chi connectivity index (χ4n) is 5.15. The standard InChI is InChI=1S/C19H29N7O4S2/c1-23(12-15-4-3-9-25(15)31(2,27)28)32(29,30)26-11-10-24(13-19(26)6-7-19)18-16-5-8-20-17(16)21-14-22-18/h5,8,14-15H,3-4,6-7,9-13H2,1-2H3,(H,20,21,22)/t15-/m1/s1. The summed E-state index contributed by atoms with van der Waals surface area (Å²) in [6, 6.07) is 1.63. The Hall–Kier alpha value is -1.80. The molecule has 2 aromatic heterocycles. The number of aromatic nitrogens is 3. The van der Waals surface area contributed by atoms with E-state index in [1.54, 1.807) is 11.4 Å². The highest BCUT2D eigenvalue weighted by molar-refractivity contribution is 7.88. The van der Waals surface area contributed by atoms with Gasteiger partial charge in [0.15, 0.2) is 0 Å². The monoisotopic (exact) mass is 483 g/mol. The minimum Gasteiger partial charge on any atom is -0.353 e. The topological polar surface area (TPSA) is 123 Å². The number of nitrogens with one attached hydrogen (secondary N) is 1. The first-order valence-electron chi connectivity index (χ1n) is 10.9. The van der Waals surface area contributed by atoms with Gasteiger partial charge in [-0.25, -0.2) is 18.4 Å². The number of fused-ring (bicyclic) bond motifs is 1.